The molecule has 130 valence electrons. The molecular weight excluding hydrogens is 358 g/mol. The van der Waals surface area contributed by atoms with Gasteiger partial charge in [-0.05, 0) is 48.7 Å². The summed E-state index contributed by atoms with van der Waals surface area (Å²) in [6.45, 7) is 1.97. The quantitative estimate of drug-likeness (QED) is 0.378. The van der Waals surface area contributed by atoms with E-state index in [9.17, 15) is 9.59 Å². The molecule has 0 aliphatic carbocycles. The fraction of sp³-hybridized carbons (Fsp3) is 0.222. The summed E-state index contributed by atoms with van der Waals surface area (Å²) in [6.07, 6.45) is 0.248. The van der Waals surface area contributed by atoms with Crippen LogP contribution in [-0.4, -0.2) is 17.3 Å². The van der Waals surface area contributed by atoms with Gasteiger partial charge < -0.3 is 16.4 Å². The number of nitrogen functional groups attached to an aromatic ring is 1. The molecule has 7 heteroatoms. The van der Waals surface area contributed by atoms with Crippen LogP contribution >= 0.6 is 24.2 Å². The van der Waals surface area contributed by atoms with Crippen molar-refractivity contribution in [1.82, 2.24) is 10.6 Å². The molecule has 5 nitrogen and oxygen atoms in total. The van der Waals surface area contributed by atoms with E-state index in [0.717, 1.165) is 22.3 Å². The van der Waals surface area contributed by atoms with E-state index in [4.69, 9.17) is 17.3 Å². The molecule has 0 radical (unpaired) electrons. The molecule has 2 amide bonds. The number of aryl methyl sites for hydroxylation is 1. The number of amides is 2. The van der Waals surface area contributed by atoms with Crippen LogP contribution in [0.3, 0.4) is 0 Å². The highest BCUT2D eigenvalue weighted by molar-refractivity contribution is 7.80. The predicted octanol–water partition coefficient (Wildman–Crippen LogP) is 2.52. The Kier molecular flexibility index (Phi) is 4.92. The Morgan fingerprint density at radius 2 is 1.76 bits per heavy atom. The molecule has 3 rings (SSSR count). The van der Waals surface area contributed by atoms with Gasteiger partial charge in [-0.2, -0.15) is 0 Å². The summed E-state index contributed by atoms with van der Waals surface area (Å²) >= 11 is 10.2. The second kappa shape index (κ2) is 6.98. The Balaban J connectivity index is 2.02. The lowest BCUT2D eigenvalue weighted by Crippen LogP contribution is -2.57. The summed E-state index contributed by atoms with van der Waals surface area (Å²) < 4.78 is 0. The molecular formula is C18H18ClN3O2S. The zero-order valence-corrected chi connectivity index (χ0v) is 15.2. The predicted molar refractivity (Wildman–Crippen MR) is 102 cm³/mol. The van der Waals surface area contributed by atoms with E-state index >= 15 is 0 Å². The zero-order chi connectivity index (χ0) is 18.1. The summed E-state index contributed by atoms with van der Waals surface area (Å²) in [6, 6.07) is 11.1. The molecule has 25 heavy (non-hydrogen) atoms. The van der Waals surface area contributed by atoms with Crippen molar-refractivity contribution in [2.45, 2.75) is 18.8 Å². The minimum atomic E-state index is -0.825. The molecule has 0 atom stereocenters. The first-order valence-corrected chi connectivity index (χ1v) is 8.68. The summed E-state index contributed by atoms with van der Waals surface area (Å²) in [4.78, 5) is 24.4. The fourth-order valence-corrected chi connectivity index (χ4v) is 3.34. The van der Waals surface area contributed by atoms with Gasteiger partial charge in [-0.15, -0.1) is 12.6 Å². The topological polar surface area (TPSA) is 84.2 Å². The monoisotopic (exact) mass is 375 g/mol. The van der Waals surface area contributed by atoms with Gasteiger partial charge in [0.2, 0.25) is 11.8 Å². The number of nitrogens with two attached hydrogens (primary N) is 1. The third-order valence-electron chi connectivity index (χ3n) is 4.19. The van der Waals surface area contributed by atoms with Gasteiger partial charge >= 0.3 is 0 Å². The normalized spacial score (nSPS) is 20.1. The Labute approximate surface area is 156 Å². The average Bonchev–Trinajstić information content (AvgIpc) is 2.54. The lowest BCUT2D eigenvalue weighted by molar-refractivity contribution is -0.138. The van der Waals surface area contributed by atoms with Crippen LogP contribution in [0.25, 0.3) is 11.1 Å². The van der Waals surface area contributed by atoms with E-state index in [1.54, 1.807) is 6.07 Å². The Morgan fingerprint density at radius 1 is 1.08 bits per heavy atom. The van der Waals surface area contributed by atoms with Crippen molar-refractivity contribution < 1.29 is 9.59 Å². The highest BCUT2D eigenvalue weighted by atomic mass is 35.5. The number of thiol groups is 1. The van der Waals surface area contributed by atoms with Gasteiger partial charge in [-0.3, -0.25) is 9.59 Å². The molecule has 0 aromatic heterocycles. The molecule has 2 aromatic carbocycles. The number of anilines is 1. The molecule has 4 N–H and O–H groups in total. The van der Waals surface area contributed by atoms with E-state index in [0.29, 0.717) is 10.7 Å². The summed E-state index contributed by atoms with van der Waals surface area (Å²) in [5, 5.41) is 5.79. The van der Waals surface area contributed by atoms with Gasteiger partial charge in [0.25, 0.3) is 0 Å². The van der Waals surface area contributed by atoms with E-state index in [1.165, 1.54) is 0 Å². The van der Waals surface area contributed by atoms with Crippen LogP contribution in [0.4, 0.5) is 5.69 Å². The number of carbonyl (C=O) groups is 2. The number of hydrogen-bond acceptors (Lipinski definition) is 4. The summed E-state index contributed by atoms with van der Waals surface area (Å²) in [7, 11) is 0. The van der Waals surface area contributed by atoms with Crippen molar-refractivity contribution in [3.63, 3.8) is 0 Å². The van der Waals surface area contributed by atoms with Gasteiger partial charge in [-0.1, -0.05) is 29.3 Å². The van der Waals surface area contributed by atoms with Gasteiger partial charge in [0.1, 0.15) is 11.4 Å². The van der Waals surface area contributed by atoms with Crippen LogP contribution in [0, 0.1) is 12.8 Å². The summed E-state index contributed by atoms with van der Waals surface area (Å²) in [5.74, 6) is -1.52. The maximum absolute atomic E-state index is 12.2. The van der Waals surface area contributed by atoms with Crippen LogP contribution in [-0.2, 0) is 16.0 Å². The number of nitrogens with one attached hydrogen (secondary N) is 2. The number of hydrogen-bond donors (Lipinski definition) is 4. The lowest BCUT2D eigenvalue weighted by atomic mass is 9.89. The summed E-state index contributed by atoms with van der Waals surface area (Å²) in [5.41, 5.74) is 9.63. The third-order valence-corrected chi connectivity index (χ3v) is 4.68. The average molecular weight is 376 g/mol. The first-order valence-electron chi connectivity index (χ1n) is 7.79. The number of carbonyl (C=O) groups excluding carboxylic acids is 2. The van der Waals surface area contributed by atoms with Crippen molar-refractivity contribution in [2.24, 2.45) is 5.92 Å². The van der Waals surface area contributed by atoms with Crippen LogP contribution in [0.5, 0.6) is 0 Å². The Hall–Kier alpha value is -2.18. The van der Waals surface area contributed by atoms with Gasteiger partial charge in [0.05, 0.1) is 0 Å². The highest BCUT2D eigenvalue weighted by Gasteiger charge is 2.34. The molecule has 1 saturated heterocycles. The van der Waals surface area contributed by atoms with E-state index < -0.39 is 11.4 Å². The molecule has 0 bridgehead atoms. The minimum absolute atomic E-state index is 0.248. The van der Waals surface area contributed by atoms with Crippen LogP contribution in [0.2, 0.25) is 5.02 Å². The molecule has 1 aliphatic heterocycles. The first kappa shape index (κ1) is 17.6. The maximum atomic E-state index is 12.2. The number of rotatable bonds is 3. The van der Waals surface area contributed by atoms with Crippen LogP contribution in [0.1, 0.15) is 11.1 Å². The smallest absolute Gasteiger partial charge is 0.235 e. The van der Waals surface area contributed by atoms with Gasteiger partial charge in [-0.25, -0.2) is 0 Å². The lowest BCUT2D eigenvalue weighted by Gasteiger charge is -2.27. The number of benzene rings is 2. The highest BCUT2D eigenvalue weighted by Crippen LogP contribution is 2.33. The van der Waals surface area contributed by atoms with Crippen LogP contribution in [0.15, 0.2) is 36.4 Å². The number of halogens is 1. The Bertz CT molecular complexity index is 838. The second-order valence-corrected chi connectivity index (χ2v) is 7.02. The molecule has 0 unspecified atom stereocenters. The van der Waals surface area contributed by atoms with Gasteiger partial charge in [0.15, 0.2) is 0 Å². The standard InChI is InChI=1S/C18H18ClN3O2S/c1-9-2-5-15(20)13(6-9)12-8-11(19)4-3-10(12)7-14-16(23)21-18(25)22-17(14)24/h2-6,8,14,18,25H,7,20H2,1H3,(H,21,23)(H,22,24). The molecule has 2 aromatic rings. The van der Waals surface area contributed by atoms with Crippen molar-refractivity contribution in [3.05, 3.63) is 52.5 Å². The van der Waals surface area contributed by atoms with Crippen molar-refractivity contribution >= 4 is 41.7 Å². The van der Waals surface area contributed by atoms with Crippen molar-refractivity contribution in [2.75, 3.05) is 5.73 Å². The Morgan fingerprint density at radius 3 is 2.44 bits per heavy atom. The van der Waals surface area contributed by atoms with E-state index in [1.807, 2.05) is 37.3 Å². The SMILES string of the molecule is Cc1ccc(N)c(-c2cc(Cl)ccc2CC2C(=O)NC(S)NC2=O)c1. The molecule has 1 fully saturated rings. The first-order chi connectivity index (χ1) is 11.8. The third kappa shape index (κ3) is 3.75. The molecule has 0 saturated carbocycles. The molecule has 0 spiro atoms. The van der Waals surface area contributed by atoms with E-state index in [-0.39, 0.29) is 18.2 Å². The zero-order valence-electron chi connectivity index (χ0n) is 13.5. The molecule has 1 heterocycles. The maximum Gasteiger partial charge on any atom is 0.235 e. The minimum Gasteiger partial charge on any atom is -0.398 e. The fourth-order valence-electron chi connectivity index (χ4n) is 2.91. The largest absolute Gasteiger partial charge is 0.398 e. The van der Waals surface area contributed by atoms with Crippen molar-refractivity contribution in [1.29, 1.82) is 0 Å². The van der Waals surface area contributed by atoms with E-state index in [2.05, 4.69) is 23.3 Å². The van der Waals surface area contributed by atoms with Crippen molar-refractivity contribution in [3.8, 4) is 11.1 Å². The molecule has 1 aliphatic rings. The van der Waals surface area contributed by atoms with Crippen LogP contribution < -0.4 is 16.4 Å². The second-order valence-electron chi connectivity index (χ2n) is 6.07. The van der Waals surface area contributed by atoms with Gasteiger partial charge in [0, 0.05) is 16.3 Å².